The Balaban J connectivity index is 0.00000104. The van der Waals surface area contributed by atoms with Gasteiger partial charge in [-0.2, -0.15) is 0 Å². The molecular weight excluding hydrogens is 468 g/mol. The van der Waals surface area contributed by atoms with Gasteiger partial charge in [0, 0.05) is 22.8 Å². The van der Waals surface area contributed by atoms with Gasteiger partial charge in [0.2, 0.25) is 0 Å². The third kappa shape index (κ3) is 8.32. The average molecular weight is 539 g/mol. The fourth-order valence-corrected chi connectivity index (χ4v) is 8.64. The minimum absolute atomic E-state index is 0. The number of hydrogen-bond acceptors (Lipinski definition) is 3. The molecule has 0 aliphatic heterocycles. The maximum atomic E-state index is 11.0. The summed E-state index contributed by atoms with van der Waals surface area (Å²) < 4.78 is 9.61. The van der Waals surface area contributed by atoms with Crippen LogP contribution in [0.15, 0.2) is 12.2 Å². The summed E-state index contributed by atoms with van der Waals surface area (Å²) in [4.78, 5) is 0. The van der Waals surface area contributed by atoms with Gasteiger partial charge in [0.25, 0.3) is 0 Å². The average Bonchev–Trinajstić information content (AvgIpc) is 3.23. The molecule has 0 heterocycles. The predicted octanol–water partition coefficient (Wildman–Crippen LogP) is 9.97. The van der Waals surface area contributed by atoms with E-state index in [4.69, 9.17) is 4.74 Å². The van der Waals surface area contributed by atoms with Crippen molar-refractivity contribution in [1.29, 1.82) is 0 Å². The van der Waals surface area contributed by atoms with Crippen molar-refractivity contribution < 1.29 is 16.0 Å². The number of aliphatic hydroxyl groups is 1. The fourth-order valence-electron chi connectivity index (χ4n) is 8.64. The normalized spacial score (nSPS) is 39.1. The second-order valence-electron chi connectivity index (χ2n) is 14.1. The summed E-state index contributed by atoms with van der Waals surface area (Å²) in [5, 5.41) is 11.0. The molecule has 4 saturated carbocycles. The van der Waals surface area contributed by atoms with E-state index in [1.807, 2.05) is 0 Å². The van der Waals surface area contributed by atoms with Crippen LogP contribution in [0.1, 0.15) is 134 Å². The van der Waals surface area contributed by atoms with E-state index in [1.165, 1.54) is 63.4 Å². The van der Waals surface area contributed by atoms with Gasteiger partial charge < -0.3 is 14.6 Å². The smallest absolute Gasteiger partial charge is 0.0883 e. The Kier molecular flexibility index (Phi) is 15.2. The molecule has 4 fully saturated rings. The van der Waals surface area contributed by atoms with Gasteiger partial charge in [0.1, 0.15) is 0 Å². The monoisotopic (exact) mass is 539 g/mol. The number of fused-ring (bicyclic) bond motifs is 5. The van der Waals surface area contributed by atoms with Gasteiger partial charge in [0.05, 0.1) is 12.2 Å². The largest absolute Gasteiger partial charge is 0.388 e. The van der Waals surface area contributed by atoms with Crippen molar-refractivity contribution in [2.24, 2.45) is 46.3 Å². The van der Waals surface area contributed by atoms with Gasteiger partial charge >= 0.3 is 0 Å². The summed E-state index contributed by atoms with van der Waals surface area (Å²) in [5.74, 6) is 5.01. The molecule has 3 heteroatoms. The maximum absolute atomic E-state index is 11.0. The number of hydrogen-bond donors (Lipinski definition) is 1. The third-order valence-electron chi connectivity index (χ3n) is 11.0. The first-order chi connectivity index (χ1) is 17.9. The zero-order valence-corrected chi connectivity index (χ0v) is 27.6. The van der Waals surface area contributed by atoms with Crippen LogP contribution >= 0.6 is 0 Å². The molecule has 0 saturated heterocycles. The lowest BCUT2D eigenvalue weighted by molar-refractivity contribution is -0.161. The summed E-state index contributed by atoms with van der Waals surface area (Å²) >= 11 is 0. The highest BCUT2D eigenvalue weighted by atomic mass is 16.5. The molecule has 0 aromatic carbocycles. The van der Waals surface area contributed by atoms with E-state index in [0.717, 1.165) is 48.9 Å². The number of methoxy groups -OCH3 is 2. The second kappa shape index (κ2) is 16.2. The van der Waals surface area contributed by atoms with Gasteiger partial charge in [-0.05, 0) is 111 Å². The van der Waals surface area contributed by atoms with E-state index in [0.29, 0.717) is 23.4 Å². The van der Waals surface area contributed by atoms with Crippen molar-refractivity contribution in [3.05, 3.63) is 12.2 Å². The lowest BCUT2D eigenvalue weighted by Gasteiger charge is -2.62. The highest BCUT2D eigenvalue weighted by Crippen LogP contribution is 2.68. The molecule has 4 aliphatic rings. The first-order valence-electron chi connectivity index (χ1n) is 16.2. The Morgan fingerprint density at radius 3 is 1.95 bits per heavy atom. The van der Waals surface area contributed by atoms with Gasteiger partial charge in [0.15, 0.2) is 0 Å². The Morgan fingerprint density at radius 2 is 1.45 bits per heavy atom. The molecule has 1 N–H and O–H groups in total. The minimum Gasteiger partial charge on any atom is -0.388 e. The van der Waals surface area contributed by atoms with Crippen molar-refractivity contribution in [2.75, 3.05) is 27.9 Å². The van der Waals surface area contributed by atoms with Crippen LogP contribution in [0, 0.1) is 46.3 Å². The van der Waals surface area contributed by atoms with Crippen LogP contribution in [0.25, 0.3) is 0 Å². The molecule has 0 aromatic rings. The van der Waals surface area contributed by atoms with Crippen LogP contribution in [-0.4, -0.2) is 38.6 Å². The van der Waals surface area contributed by atoms with Crippen LogP contribution in [0.5, 0.6) is 0 Å². The van der Waals surface area contributed by atoms with Gasteiger partial charge in [-0.25, -0.2) is 0 Å². The molecule has 0 bridgehead atoms. The first kappa shape index (κ1) is 35.6. The lowest BCUT2D eigenvalue weighted by atomic mass is 9.43. The Morgan fingerprint density at radius 1 is 0.895 bits per heavy atom. The Labute approximate surface area is 240 Å². The molecule has 4 aliphatic carbocycles. The molecule has 4 rings (SSSR count). The molecule has 0 unspecified atom stereocenters. The summed E-state index contributed by atoms with van der Waals surface area (Å²) in [6.45, 7) is 23.4. The Hall–Kier alpha value is -0.380. The molecule has 228 valence electrons. The van der Waals surface area contributed by atoms with E-state index in [2.05, 4.69) is 66.7 Å². The van der Waals surface area contributed by atoms with E-state index in [-0.39, 0.29) is 1.43 Å². The first-order valence-corrected chi connectivity index (χ1v) is 16.2. The molecule has 0 aromatic heterocycles. The topological polar surface area (TPSA) is 38.7 Å². The van der Waals surface area contributed by atoms with Crippen molar-refractivity contribution >= 4 is 0 Å². The van der Waals surface area contributed by atoms with E-state index >= 15 is 0 Å². The van der Waals surface area contributed by atoms with Crippen LogP contribution in [0.3, 0.4) is 0 Å². The fraction of sp³-hybridized carbons (Fsp3) is 0.943. The number of rotatable bonds is 5. The zero-order chi connectivity index (χ0) is 29.1. The summed E-state index contributed by atoms with van der Waals surface area (Å²) in [7, 11) is 4.98. The van der Waals surface area contributed by atoms with Crippen LogP contribution < -0.4 is 0 Å². The SMILES string of the molecule is C=C(CC)[C@H]1CC[C@H]2[C@@H]3CC[C@@H]4C[C@@](O)(COC)CC[C@]4(C)[C@H]3CC[C@]12C.CCC.CCC(C)C.COC.[HH]. The molecule has 8 atom stereocenters. The molecule has 0 spiro atoms. The molecule has 0 amide bonds. The van der Waals surface area contributed by atoms with Crippen molar-refractivity contribution in [3.8, 4) is 0 Å². The predicted molar refractivity (Wildman–Crippen MR) is 168 cm³/mol. The quantitative estimate of drug-likeness (QED) is 0.354. The highest BCUT2D eigenvalue weighted by molar-refractivity contribution is 5.16. The lowest BCUT2D eigenvalue weighted by Crippen LogP contribution is -2.56. The maximum Gasteiger partial charge on any atom is 0.0883 e. The molecule has 38 heavy (non-hydrogen) atoms. The van der Waals surface area contributed by atoms with Crippen molar-refractivity contribution in [1.82, 2.24) is 0 Å². The second-order valence-corrected chi connectivity index (χ2v) is 14.1. The van der Waals surface area contributed by atoms with E-state index in [9.17, 15) is 5.11 Å². The Bertz CT molecular complexity index is 679. The van der Waals surface area contributed by atoms with Crippen molar-refractivity contribution in [3.63, 3.8) is 0 Å². The molecule has 3 nitrogen and oxygen atoms in total. The number of allylic oxidation sites excluding steroid dienone is 1. The standard InChI is InChI=1S/C25H42O2.C5H12.C3H8.C2H6O.H2/c1-6-17(2)20-9-10-21-19-8-7-18-15-25(26,16-27-5)14-13-23(18,3)22(19)11-12-24(20,21)4;1-4-5(2)3;2*1-3-2;/h18-22,26H,2,6-16H2,1,3-5H3;5H,4H2,1-3H3;3H2,1-2H3;1-2H3;1H/t18-,19+,20-,21+,22+,23+,24-,25-;;;;/m1..../s1. The summed E-state index contributed by atoms with van der Waals surface area (Å²) in [6.07, 6.45) is 15.1. The third-order valence-corrected chi connectivity index (χ3v) is 11.0. The zero-order valence-electron chi connectivity index (χ0n) is 27.6. The van der Waals surface area contributed by atoms with Crippen LogP contribution in [0.4, 0.5) is 0 Å². The molecule has 0 radical (unpaired) electrons. The van der Waals surface area contributed by atoms with Crippen LogP contribution in [0.2, 0.25) is 0 Å². The number of ether oxygens (including phenoxy) is 2. The van der Waals surface area contributed by atoms with E-state index < -0.39 is 5.60 Å². The van der Waals surface area contributed by atoms with Crippen molar-refractivity contribution in [2.45, 2.75) is 138 Å². The van der Waals surface area contributed by atoms with Gasteiger partial charge in [-0.3, -0.25) is 0 Å². The van der Waals surface area contributed by atoms with Crippen LogP contribution in [-0.2, 0) is 9.47 Å². The summed E-state index contributed by atoms with van der Waals surface area (Å²) in [5.41, 5.74) is 1.87. The summed E-state index contributed by atoms with van der Waals surface area (Å²) in [6, 6.07) is 0. The highest BCUT2D eigenvalue weighted by Gasteiger charge is 2.61. The minimum atomic E-state index is -0.577. The van der Waals surface area contributed by atoms with E-state index in [1.54, 1.807) is 21.3 Å². The molecular formula is C35H70O3. The van der Waals surface area contributed by atoms with Gasteiger partial charge in [-0.1, -0.05) is 80.4 Å². The van der Waals surface area contributed by atoms with Gasteiger partial charge in [-0.15, -0.1) is 0 Å².